The van der Waals surface area contributed by atoms with E-state index in [-0.39, 0.29) is 6.54 Å². The quantitative estimate of drug-likeness (QED) is 0.558. The first kappa shape index (κ1) is 13.2. The Morgan fingerprint density at radius 2 is 1.76 bits per heavy atom. The van der Waals surface area contributed by atoms with Crippen molar-refractivity contribution in [3.8, 4) is 11.5 Å². The van der Waals surface area contributed by atoms with Crippen LogP contribution in [0.4, 0.5) is 0 Å². The lowest BCUT2D eigenvalue weighted by atomic mass is 10.1. The van der Waals surface area contributed by atoms with Gasteiger partial charge in [0.1, 0.15) is 11.5 Å². The predicted molar refractivity (Wildman–Crippen MR) is 62.1 cm³/mol. The lowest BCUT2D eigenvalue weighted by molar-refractivity contribution is 0.181. The number of hydrogen-bond donors (Lipinski definition) is 0. The minimum atomic E-state index is 0.230. The van der Waals surface area contributed by atoms with Crippen molar-refractivity contribution in [1.82, 2.24) is 0 Å². The number of ether oxygens (including phenoxy) is 3. The molecule has 0 aliphatic carbocycles. The molecule has 0 saturated heterocycles. The van der Waals surface area contributed by atoms with E-state index in [2.05, 4.69) is 4.99 Å². The molecular weight excluding hydrogens is 222 g/mol. The predicted octanol–water partition coefficient (Wildman–Crippen LogP) is 1.69. The van der Waals surface area contributed by atoms with Crippen LogP contribution in [0.5, 0.6) is 11.5 Å². The van der Waals surface area contributed by atoms with E-state index in [1.54, 1.807) is 27.4 Å². The van der Waals surface area contributed by atoms with Crippen molar-refractivity contribution in [2.24, 2.45) is 4.99 Å². The largest absolute Gasteiger partial charge is 0.496 e. The lowest BCUT2D eigenvalue weighted by Crippen LogP contribution is -1.99. The zero-order valence-electron chi connectivity index (χ0n) is 10.1. The number of carbonyl (C=O) groups excluding carboxylic acids is 1. The maximum atomic E-state index is 10.1. The third-order valence-corrected chi connectivity index (χ3v) is 2.30. The highest BCUT2D eigenvalue weighted by molar-refractivity contribution is 5.47. The molecule has 0 radical (unpaired) electrons. The summed E-state index contributed by atoms with van der Waals surface area (Å²) in [5, 5.41) is 0. The van der Waals surface area contributed by atoms with Crippen molar-refractivity contribution in [3.63, 3.8) is 0 Å². The van der Waals surface area contributed by atoms with E-state index in [1.165, 1.54) is 6.08 Å². The number of rotatable bonds is 6. The molecule has 5 nitrogen and oxygen atoms in total. The Balaban J connectivity index is 3.17. The van der Waals surface area contributed by atoms with Crippen LogP contribution in [0.15, 0.2) is 17.1 Å². The average Bonchev–Trinajstić information content (AvgIpc) is 2.36. The van der Waals surface area contributed by atoms with Crippen LogP contribution in [0, 0.1) is 0 Å². The SMILES string of the molecule is COCc1cc(CN=C=O)c(OC)cc1OC. The van der Waals surface area contributed by atoms with Gasteiger partial charge in [0.05, 0.1) is 27.4 Å². The van der Waals surface area contributed by atoms with Crippen LogP contribution in [0.2, 0.25) is 0 Å². The van der Waals surface area contributed by atoms with E-state index >= 15 is 0 Å². The molecule has 0 spiro atoms. The highest BCUT2D eigenvalue weighted by atomic mass is 16.5. The summed E-state index contributed by atoms with van der Waals surface area (Å²) in [7, 11) is 4.74. The van der Waals surface area contributed by atoms with Gasteiger partial charge in [-0.2, -0.15) is 0 Å². The summed E-state index contributed by atoms with van der Waals surface area (Å²) in [6.07, 6.45) is 1.50. The molecule has 0 atom stereocenters. The highest BCUT2D eigenvalue weighted by Gasteiger charge is 2.10. The monoisotopic (exact) mass is 237 g/mol. The summed E-state index contributed by atoms with van der Waals surface area (Å²) in [5.41, 5.74) is 1.68. The van der Waals surface area contributed by atoms with E-state index in [0.29, 0.717) is 18.1 Å². The summed E-state index contributed by atoms with van der Waals surface area (Å²) >= 11 is 0. The molecule has 0 aliphatic rings. The van der Waals surface area contributed by atoms with E-state index in [4.69, 9.17) is 14.2 Å². The minimum Gasteiger partial charge on any atom is -0.496 e. The van der Waals surface area contributed by atoms with Gasteiger partial charge in [-0.05, 0) is 6.07 Å². The zero-order valence-corrected chi connectivity index (χ0v) is 10.1. The van der Waals surface area contributed by atoms with Gasteiger partial charge in [0, 0.05) is 24.3 Å². The number of benzene rings is 1. The second-order valence-corrected chi connectivity index (χ2v) is 3.32. The molecule has 0 aromatic heterocycles. The van der Waals surface area contributed by atoms with Crippen molar-refractivity contribution in [1.29, 1.82) is 0 Å². The topological polar surface area (TPSA) is 57.1 Å². The van der Waals surface area contributed by atoms with Gasteiger partial charge in [0.25, 0.3) is 0 Å². The molecule has 5 heteroatoms. The number of nitrogens with zero attached hydrogens (tertiary/aromatic N) is 1. The van der Waals surface area contributed by atoms with E-state index in [1.807, 2.05) is 6.07 Å². The molecule has 0 bridgehead atoms. The Kier molecular flexibility index (Phi) is 5.20. The molecule has 0 aliphatic heterocycles. The van der Waals surface area contributed by atoms with Crippen molar-refractivity contribution < 1.29 is 19.0 Å². The van der Waals surface area contributed by atoms with Gasteiger partial charge >= 0.3 is 0 Å². The van der Waals surface area contributed by atoms with E-state index < -0.39 is 0 Å². The van der Waals surface area contributed by atoms with Crippen LogP contribution in [0.3, 0.4) is 0 Å². The molecule has 1 aromatic rings. The van der Waals surface area contributed by atoms with Crippen LogP contribution in [-0.4, -0.2) is 27.4 Å². The number of methoxy groups -OCH3 is 3. The van der Waals surface area contributed by atoms with Crippen molar-refractivity contribution >= 4 is 6.08 Å². The molecule has 1 aromatic carbocycles. The fraction of sp³-hybridized carbons (Fsp3) is 0.417. The second-order valence-electron chi connectivity index (χ2n) is 3.32. The van der Waals surface area contributed by atoms with Crippen LogP contribution >= 0.6 is 0 Å². The maximum Gasteiger partial charge on any atom is 0.235 e. The van der Waals surface area contributed by atoms with Crippen molar-refractivity contribution in [2.75, 3.05) is 21.3 Å². The number of aliphatic imine (C=N–C) groups is 1. The van der Waals surface area contributed by atoms with Crippen molar-refractivity contribution in [3.05, 3.63) is 23.3 Å². The minimum absolute atomic E-state index is 0.230. The average molecular weight is 237 g/mol. The summed E-state index contributed by atoms with van der Waals surface area (Å²) in [6, 6.07) is 3.60. The van der Waals surface area contributed by atoms with Gasteiger partial charge in [-0.15, -0.1) is 0 Å². The fourth-order valence-electron chi connectivity index (χ4n) is 1.55. The van der Waals surface area contributed by atoms with Gasteiger partial charge in [0.15, 0.2) is 0 Å². The smallest absolute Gasteiger partial charge is 0.235 e. The Morgan fingerprint density at radius 3 is 2.29 bits per heavy atom. The second kappa shape index (κ2) is 6.68. The zero-order chi connectivity index (χ0) is 12.7. The molecule has 0 N–H and O–H groups in total. The fourth-order valence-corrected chi connectivity index (χ4v) is 1.55. The Labute approximate surface area is 100 Å². The molecular formula is C12H15NO4. The van der Waals surface area contributed by atoms with E-state index in [9.17, 15) is 4.79 Å². The molecule has 0 saturated carbocycles. The normalized spacial score (nSPS) is 9.59. The third-order valence-electron chi connectivity index (χ3n) is 2.30. The first-order chi connectivity index (χ1) is 8.26. The van der Waals surface area contributed by atoms with Crippen LogP contribution < -0.4 is 9.47 Å². The standard InChI is InChI=1S/C12H15NO4/c1-15-7-10-4-9(6-13-8-14)11(16-2)5-12(10)17-3/h4-5H,6-7H2,1-3H3. The summed E-state index contributed by atoms with van der Waals surface area (Å²) < 4.78 is 15.5. The van der Waals surface area contributed by atoms with Crippen molar-refractivity contribution in [2.45, 2.75) is 13.2 Å². The molecule has 92 valence electrons. The Morgan fingerprint density at radius 1 is 1.12 bits per heavy atom. The summed E-state index contributed by atoms with van der Waals surface area (Å²) in [5.74, 6) is 1.31. The number of isocyanates is 1. The Hall–Kier alpha value is -1.84. The van der Waals surface area contributed by atoms with Crippen LogP contribution in [0.1, 0.15) is 11.1 Å². The molecule has 0 fully saturated rings. The van der Waals surface area contributed by atoms with Gasteiger partial charge in [-0.3, -0.25) is 0 Å². The third kappa shape index (κ3) is 3.31. The van der Waals surface area contributed by atoms with Gasteiger partial charge < -0.3 is 14.2 Å². The van der Waals surface area contributed by atoms with Crippen LogP contribution in [0.25, 0.3) is 0 Å². The molecule has 0 amide bonds. The highest BCUT2D eigenvalue weighted by Crippen LogP contribution is 2.30. The van der Waals surface area contributed by atoms with Gasteiger partial charge in [-0.25, -0.2) is 9.79 Å². The van der Waals surface area contributed by atoms with E-state index in [0.717, 1.165) is 11.1 Å². The molecule has 0 unspecified atom stereocenters. The first-order valence-electron chi connectivity index (χ1n) is 5.03. The first-order valence-corrected chi connectivity index (χ1v) is 5.03. The lowest BCUT2D eigenvalue weighted by Gasteiger charge is -2.13. The number of hydrogen-bond acceptors (Lipinski definition) is 5. The van der Waals surface area contributed by atoms with Gasteiger partial charge in [0.2, 0.25) is 6.08 Å². The Bertz CT molecular complexity index is 425. The molecule has 0 heterocycles. The van der Waals surface area contributed by atoms with Gasteiger partial charge in [-0.1, -0.05) is 0 Å². The summed E-state index contributed by atoms with van der Waals surface area (Å²) in [6.45, 7) is 0.651. The van der Waals surface area contributed by atoms with Crippen LogP contribution in [-0.2, 0) is 22.7 Å². The molecule has 1 rings (SSSR count). The summed E-state index contributed by atoms with van der Waals surface area (Å²) in [4.78, 5) is 13.7. The maximum absolute atomic E-state index is 10.1. The molecule has 17 heavy (non-hydrogen) atoms.